The molecule has 0 bridgehead atoms. The van der Waals surface area contributed by atoms with E-state index in [1.165, 1.54) is 11.8 Å². The maximum Gasteiger partial charge on any atom is 0.132 e. The molecule has 0 saturated heterocycles. The Hall–Kier alpha value is -1.03. The van der Waals surface area contributed by atoms with E-state index < -0.39 is 0 Å². The molecule has 1 N–H and O–H groups in total. The number of hydrogen-bond acceptors (Lipinski definition) is 3. The first-order valence-electron chi connectivity index (χ1n) is 5.10. The molecule has 0 aromatic heterocycles. The van der Waals surface area contributed by atoms with E-state index in [0.717, 1.165) is 4.90 Å². The van der Waals surface area contributed by atoms with E-state index in [4.69, 9.17) is 27.9 Å². The van der Waals surface area contributed by atoms with Crippen molar-refractivity contribution in [2.45, 2.75) is 9.79 Å². The fourth-order valence-corrected chi connectivity index (χ4v) is 2.93. The lowest BCUT2D eigenvalue weighted by Gasteiger charge is -2.09. The van der Waals surface area contributed by atoms with E-state index >= 15 is 0 Å². The Morgan fingerprint density at radius 1 is 1.00 bits per heavy atom. The molecular weight excluding hydrogens is 291 g/mol. The molecule has 0 aliphatic heterocycles. The van der Waals surface area contributed by atoms with Crippen molar-refractivity contribution in [2.24, 2.45) is 0 Å². The fraction of sp³-hybridized carbons (Fsp3) is 0.0769. The second-order valence-corrected chi connectivity index (χ2v) is 5.47. The van der Waals surface area contributed by atoms with Crippen LogP contribution in [0.4, 0.5) is 0 Å². The Bertz CT molecular complexity index is 573. The summed E-state index contributed by atoms with van der Waals surface area (Å²) in [5, 5.41) is 11.0. The Morgan fingerprint density at radius 3 is 2.28 bits per heavy atom. The van der Waals surface area contributed by atoms with Crippen LogP contribution in [-0.4, -0.2) is 12.2 Å². The molecule has 0 saturated carbocycles. The number of aromatic hydroxyl groups is 1. The van der Waals surface area contributed by atoms with Crippen LogP contribution in [0.2, 0.25) is 10.0 Å². The zero-order valence-corrected chi connectivity index (χ0v) is 11.8. The van der Waals surface area contributed by atoms with Crippen molar-refractivity contribution in [1.82, 2.24) is 0 Å². The van der Waals surface area contributed by atoms with Crippen LogP contribution in [0.15, 0.2) is 46.2 Å². The van der Waals surface area contributed by atoms with Crippen LogP contribution < -0.4 is 4.74 Å². The van der Waals surface area contributed by atoms with E-state index in [0.29, 0.717) is 20.7 Å². The highest BCUT2D eigenvalue weighted by Crippen LogP contribution is 2.41. The van der Waals surface area contributed by atoms with Crippen LogP contribution in [0.3, 0.4) is 0 Å². The summed E-state index contributed by atoms with van der Waals surface area (Å²) < 4.78 is 5.25. The Labute approximate surface area is 119 Å². The highest BCUT2D eigenvalue weighted by atomic mass is 35.5. The summed E-state index contributed by atoms with van der Waals surface area (Å²) in [7, 11) is 1.59. The third-order valence-corrected chi connectivity index (χ3v) is 3.82. The van der Waals surface area contributed by atoms with Crippen LogP contribution in [0.1, 0.15) is 0 Å². The number of phenolic OH excluding ortho intramolecular Hbond substituents is 1. The summed E-state index contributed by atoms with van der Waals surface area (Å²) in [6, 6.07) is 10.2. The minimum atomic E-state index is 0.173. The summed E-state index contributed by atoms with van der Waals surface area (Å²) in [6.45, 7) is 0. The van der Waals surface area contributed by atoms with Crippen molar-refractivity contribution < 1.29 is 9.84 Å². The first-order valence-corrected chi connectivity index (χ1v) is 6.67. The van der Waals surface area contributed by atoms with Gasteiger partial charge in [0.05, 0.1) is 16.9 Å². The van der Waals surface area contributed by atoms with Gasteiger partial charge in [0.2, 0.25) is 0 Å². The number of phenols is 1. The van der Waals surface area contributed by atoms with E-state index in [1.54, 1.807) is 43.5 Å². The zero-order chi connectivity index (χ0) is 13.1. The van der Waals surface area contributed by atoms with Gasteiger partial charge in [-0.25, -0.2) is 0 Å². The number of halogens is 2. The number of ether oxygens (including phenoxy) is 1. The van der Waals surface area contributed by atoms with Gasteiger partial charge >= 0.3 is 0 Å². The van der Waals surface area contributed by atoms with Crippen LogP contribution >= 0.6 is 35.0 Å². The molecule has 18 heavy (non-hydrogen) atoms. The number of hydrogen-bond donors (Lipinski definition) is 1. The van der Waals surface area contributed by atoms with Crippen LogP contribution in [0.25, 0.3) is 0 Å². The summed E-state index contributed by atoms with van der Waals surface area (Å²) in [4.78, 5) is 1.48. The molecule has 0 heterocycles. The topological polar surface area (TPSA) is 29.5 Å². The van der Waals surface area contributed by atoms with E-state index in [-0.39, 0.29) is 5.75 Å². The molecule has 0 aliphatic rings. The van der Waals surface area contributed by atoms with Gasteiger partial charge in [-0.2, -0.15) is 0 Å². The van der Waals surface area contributed by atoms with E-state index in [1.807, 2.05) is 0 Å². The summed E-state index contributed by atoms with van der Waals surface area (Å²) in [5.74, 6) is 0.871. The van der Waals surface area contributed by atoms with Gasteiger partial charge in [0.25, 0.3) is 0 Å². The maximum absolute atomic E-state index is 9.78. The molecule has 0 atom stereocenters. The molecule has 0 amide bonds. The molecular formula is C13H10Cl2O2S. The average molecular weight is 301 g/mol. The molecule has 0 unspecified atom stereocenters. The fourth-order valence-electron chi connectivity index (χ4n) is 1.42. The molecule has 0 spiro atoms. The molecule has 2 aromatic carbocycles. The second kappa shape index (κ2) is 5.74. The number of rotatable bonds is 3. The van der Waals surface area contributed by atoms with Gasteiger partial charge in [0.15, 0.2) is 0 Å². The van der Waals surface area contributed by atoms with Gasteiger partial charge in [-0.05, 0) is 36.4 Å². The van der Waals surface area contributed by atoms with Crippen molar-refractivity contribution in [3.8, 4) is 11.5 Å². The SMILES string of the molecule is COc1ccc(Cl)cc1Sc1cc(Cl)ccc1O. The molecule has 0 fully saturated rings. The minimum Gasteiger partial charge on any atom is -0.507 e. The molecule has 5 heteroatoms. The second-order valence-electron chi connectivity index (χ2n) is 3.51. The summed E-state index contributed by atoms with van der Waals surface area (Å²) in [5.41, 5.74) is 0. The molecule has 94 valence electrons. The van der Waals surface area contributed by atoms with Gasteiger partial charge < -0.3 is 9.84 Å². The molecule has 2 rings (SSSR count). The lowest BCUT2D eigenvalue weighted by Crippen LogP contribution is -1.86. The monoisotopic (exact) mass is 300 g/mol. The van der Waals surface area contributed by atoms with Gasteiger partial charge in [0, 0.05) is 10.0 Å². The summed E-state index contributed by atoms with van der Waals surface area (Å²) in [6.07, 6.45) is 0. The first-order chi connectivity index (χ1) is 8.60. The molecule has 2 nitrogen and oxygen atoms in total. The highest BCUT2D eigenvalue weighted by molar-refractivity contribution is 7.99. The first kappa shape index (κ1) is 13.4. The predicted molar refractivity (Wildman–Crippen MR) is 75.2 cm³/mol. The largest absolute Gasteiger partial charge is 0.507 e. The number of benzene rings is 2. The van der Waals surface area contributed by atoms with Gasteiger partial charge in [-0.1, -0.05) is 35.0 Å². The van der Waals surface area contributed by atoms with Crippen molar-refractivity contribution in [1.29, 1.82) is 0 Å². The van der Waals surface area contributed by atoms with Crippen molar-refractivity contribution >= 4 is 35.0 Å². The minimum absolute atomic E-state index is 0.173. The Morgan fingerprint density at radius 2 is 1.61 bits per heavy atom. The third kappa shape index (κ3) is 3.05. The lowest BCUT2D eigenvalue weighted by molar-refractivity contribution is 0.405. The summed E-state index contributed by atoms with van der Waals surface area (Å²) >= 11 is 13.2. The van der Waals surface area contributed by atoms with Gasteiger partial charge in [-0.15, -0.1) is 0 Å². The Kier molecular flexibility index (Phi) is 4.27. The quantitative estimate of drug-likeness (QED) is 0.878. The molecule has 0 radical (unpaired) electrons. The predicted octanol–water partition coefficient (Wildman–Crippen LogP) is 4.86. The number of methoxy groups -OCH3 is 1. The van der Waals surface area contributed by atoms with Crippen molar-refractivity contribution in [2.75, 3.05) is 7.11 Å². The van der Waals surface area contributed by atoms with E-state index in [9.17, 15) is 5.11 Å². The Balaban J connectivity index is 2.38. The maximum atomic E-state index is 9.78. The van der Waals surface area contributed by atoms with E-state index in [2.05, 4.69) is 0 Å². The van der Waals surface area contributed by atoms with Crippen LogP contribution in [0, 0.1) is 0 Å². The molecule has 2 aromatic rings. The third-order valence-electron chi connectivity index (χ3n) is 2.27. The average Bonchev–Trinajstić information content (AvgIpc) is 2.34. The van der Waals surface area contributed by atoms with Crippen molar-refractivity contribution in [3.63, 3.8) is 0 Å². The van der Waals surface area contributed by atoms with Crippen LogP contribution in [0.5, 0.6) is 11.5 Å². The molecule has 0 aliphatic carbocycles. The lowest BCUT2D eigenvalue weighted by atomic mass is 10.3. The smallest absolute Gasteiger partial charge is 0.132 e. The van der Waals surface area contributed by atoms with Crippen LogP contribution in [-0.2, 0) is 0 Å². The van der Waals surface area contributed by atoms with Crippen molar-refractivity contribution in [3.05, 3.63) is 46.4 Å². The van der Waals surface area contributed by atoms with Gasteiger partial charge in [-0.3, -0.25) is 0 Å². The van der Waals surface area contributed by atoms with Gasteiger partial charge in [0.1, 0.15) is 11.5 Å². The standard InChI is InChI=1S/C13H10Cl2O2S/c1-17-11-5-3-9(15)7-13(11)18-12-6-8(14)2-4-10(12)16/h2-7,16H,1H3. The zero-order valence-electron chi connectivity index (χ0n) is 9.48. The highest BCUT2D eigenvalue weighted by Gasteiger charge is 2.09. The normalized spacial score (nSPS) is 10.4.